The first-order valence-corrected chi connectivity index (χ1v) is 28.9. The number of aryl methyl sites for hydroxylation is 2. The summed E-state index contributed by atoms with van der Waals surface area (Å²) < 4.78 is 25.1. The number of amides is 5. The number of methoxy groups -OCH3 is 1. The molecule has 2 fully saturated rings. The monoisotopic (exact) mass is 1100 g/mol. The lowest BCUT2D eigenvalue weighted by Gasteiger charge is -2.42. The Morgan fingerprint density at radius 1 is 0.846 bits per heavy atom. The van der Waals surface area contributed by atoms with Crippen molar-refractivity contribution < 1.29 is 42.9 Å². The number of aromatic nitrogens is 1. The van der Waals surface area contributed by atoms with Gasteiger partial charge < -0.3 is 44.7 Å². The zero-order valence-electron chi connectivity index (χ0n) is 45.8. The van der Waals surface area contributed by atoms with Gasteiger partial charge in [-0.3, -0.25) is 29.3 Å². The number of anilines is 1. The SMILES string of the molecule is CN[C@@H](C)C(=O)N[C@H](C(=O)N1Cc2cc(OC3CCCC(Oc4ccc(C(=O)Nc5ncc(Sc6cc(C(=O)N7CCOCC7)c(OC)cc6C)s5)cc4)CC3)ccc2C[C@H]1C(=O)N[C@@H]1CCCc2ccccc21)C(C)(C)C. The van der Waals surface area contributed by atoms with E-state index in [1.807, 2.05) is 82.3 Å². The van der Waals surface area contributed by atoms with Crippen molar-refractivity contribution in [1.82, 2.24) is 30.7 Å². The van der Waals surface area contributed by atoms with Gasteiger partial charge in [-0.15, -0.1) is 0 Å². The maximum absolute atomic E-state index is 14.9. The zero-order chi connectivity index (χ0) is 55.1. The maximum atomic E-state index is 14.9. The van der Waals surface area contributed by atoms with Gasteiger partial charge in [0.25, 0.3) is 11.8 Å². The highest BCUT2D eigenvalue weighted by atomic mass is 32.2. The number of rotatable bonds is 16. The summed E-state index contributed by atoms with van der Waals surface area (Å²) >= 11 is 2.84. The maximum Gasteiger partial charge on any atom is 0.257 e. The minimum Gasteiger partial charge on any atom is -0.496 e. The fourth-order valence-electron chi connectivity index (χ4n) is 10.7. The van der Waals surface area contributed by atoms with Crippen molar-refractivity contribution in [3.8, 4) is 17.2 Å². The Balaban J connectivity index is 0.804. The third-order valence-electron chi connectivity index (χ3n) is 15.3. The highest BCUT2D eigenvalue weighted by Crippen LogP contribution is 2.40. The number of ether oxygens (including phenoxy) is 4. The number of morpholine rings is 1. The van der Waals surface area contributed by atoms with Crippen LogP contribution in [0.3, 0.4) is 0 Å². The van der Waals surface area contributed by atoms with E-state index in [1.165, 1.54) is 28.7 Å². The van der Waals surface area contributed by atoms with Crippen molar-refractivity contribution >= 4 is 57.8 Å². The molecule has 18 heteroatoms. The first kappa shape index (κ1) is 56.3. The summed E-state index contributed by atoms with van der Waals surface area (Å²) in [6, 6.07) is 22.8. The number of likely N-dealkylation sites (N-methyl/N-ethyl adjacent to an activating group) is 1. The van der Waals surface area contributed by atoms with Gasteiger partial charge in [0, 0.05) is 36.5 Å². The molecule has 2 aliphatic heterocycles. The van der Waals surface area contributed by atoms with Gasteiger partial charge in [-0.05, 0) is 154 Å². The number of thiazole rings is 1. The van der Waals surface area contributed by atoms with E-state index in [2.05, 4.69) is 38.4 Å². The molecule has 2 aliphatic carbocycles. The Hall–Kier alpha value is -6.47. The van der Waals surface area contributed by atoms with Gasteiger partial charge in [0.2, 0.25) is 17.7 Å². The summed E-state index contributed by atoms with van der Waals surface area (Å²) in [5.74, 6) is 0.737. The minimum atomic E-state index is -0.882. The third kappa shape index (κ3) is 13.5. The molecule has 78 heavy (non-hydrogen) atoms. The molecule has 1 aromatic heterocycles. The molecule has 9 rings (SSSR count). The topological polar surface area (TPSA) is 190 Å². The smallest absolute Gasteiger partial charge is 0.257 e. The average Bonchev–Trinajstić information content (AvgIpc) is 3.92. The van der Waals surface area contributed by atoms with Crippen LogP contribution in [0.25, 0.3) is 0 Å². The number of fused-ring (bicyclic) bond motifs is 2. The molecule has 5 aromatic rings. The zero-order valence-corrected chi connectivity index (χ0v) is 47.4. The molecule has 4 aromatic carbocycles. The van der Waals surface area contributed by atoms with E-state index in [4.69, 9.17) is 18.9 Å². The molecule has 1 saturated heterocycles. The van der Waals surface area contributed by atoms with Crippen LogP contribution >= 0.6 is 23.1 Å². The van der Waals surface area contributed by atoms with Crippen molar-refractivity contribution in [2.45, 2.75) is 144 Å². The predicted octanol–water partition coefficient (Wildman–Crippen LogP) is 9.08. The van der Waals surface area contributed by atoms with Crippen molar-refractivity contribution in [1.29, 1.82) is 0 Å². The highest BCUT2D eigenvalue weighted by Gasteiger charge is 2.43. The van der Waals surface area contributed by atoms with E-state index in [9.17, 15) is 24.0 Å². The van der Waals surface area contributed by atoms with Crippen LogP contribution in [0.1, 0.15) is 127 Å². The Bertz CT molecular complexity index is 2970. The molecular weight excluding hydrogens is 1030 g/mol. The van der Waals surface area contributed by atoms with Gasteiger partial charge in [-0.1, -0.05) is 74.2 Å². The summed E-state index contributed by atoms with van der Waals surface area (Å²) in [4.78, 5) is 78.3. The van der Waals surface area contributed by atoms with Crippen LogP contribution in [0, 0.1) is 12.3 Å². The molecule has 0 bridgehead atoms. The molecule has 6 atom stereocenters. The number of hydrogen-bond donors (Lipinski definition) is 4. The minimum absolute atomic E-state index is 0.0342. The normalized spacial score (nSPS) is 20.2. The summed E-state index contributed by atoms with van der Waals surface area (Å²) in [6.07, 6.45) is 8.86. The Morgan fingerprint density at radius 3 is 2.28 bits per heavy atom. The van der Waals surface area contributed by atoms with E-state index in [0.29, 0.717) is 66.2 Å². The number of nitrogens with zero attached hydrogens (tertiary/aromatic N) is 3. The van der Waals surface area contributed by atoms with Crippen LogP contribution in [0.15, 0.2) is 94.2 Å². The lowest BCUT2D eigenvalue weighted by molar-refractivity contribution is -0.147. The number of nitrogens with one attached hydrogen (secondary N) is 4. The number of carbonyl (C=O) groups is 5. The largest absolute Gasteiger partial charge is 0.496 e. The van der Waals surface area contributed by atoms with Crippen molar-refractivity contribution in [2.75, 3.05) is 45.8 Å². The molecule has 414 valence electrons. The molecule has 3 heterocycles. The molecule has 4 N–H and O–H groups in total. The molecule has 0 radical (unpaired) electrons. The lowest BCUT2D eigenvalue weighted by atomic mass is 9.83. The summed E-state index contributed by atoms with van der Waals surface area (Å²) in [7, 11) is 3.27. The van der Waals surface area contributed by atoms with Crippen molar-refractivity contribution in [2.24, 2.45) is 5.41 Å². The second-order valence-electron chi connectivity index (χ2n) is 21.9. The van der Waals surface area contributed by atoms with Gasteiger partial charge in [-0.25, -0.2) is 4.98 Å². The fourth-order valence-corrected chi connectivity index (χ4v) is 12.6. The van der Waals surface area contributed by atoms with Gasteiger partial charge in [0.15, 0.2) is 5.13 Å². The molecule has 4 aliphatic rings. The van der Waals surface area contributed by atoms with E-state index in [-0.39, 0.29) is 54.3 Å². The van der Waals surface area contributed by atoms with Crippen molar-refractivity contribution in [3.63, 3.8) is 0 Å². The summed E-state index contributed by atoms with van der Waals surface area (Å²) in [6.45, 7) is 11.8. The van der Waals surface area contributed by atoms with Crippen LogP contribution < -0.4 is 35.5 Å². The number of carbonyl (C=O) groups excluding carboxylic acids is 5. The van der Waals surface area contributed by atoms with Gasteiger partial charge in [0.05, 0.1) is 60.6 Å². The second-order valence-corrected chi connectivity index (χ2v) is 24.2. The van der Waals surface area contributed by atoms with Crippen LogP contribution in [0.2, 0.25) is 0 Å². The number of hydrogen-bond acceptors (Lipinski definition) is 13. The van der Waals surface area contributed by atoms with Crippen LogP contribution in [0.5, 0.6) is 17.2 Å². The molecule has 5 amide bonds. The van der Waals surface area contributed by atoms with Gasteiger partial charge in [-0.2, -0.15) is 0 Å². The lowest BCUT2D eigenvalue weighted by Crippen LogP contribution is -2.62. The Kier molecular flexibility index (Phi) is 18.1. The van der Waals surface area contributed by atoms with Crippen molar-refractivity contribution in [3.05, 3.63) is 124 Å². The molecular formula is C60H73N7O9S2. The van der Waals surface area contributed by atoms with Crippen LogP contribution in [0.4, 0.5) is 5.13 Å². The van der Waals surface area contributed by atoms with Gasteiger partial charge >= 0.3 is 0 Å². The average molecular weight is 1100 g/mol. The van der Waals surface area contributed by atoms with Crippen LogP contribution in [-0.2, 0) is 38.5 Å². The Morgan fingerprint density at radius 2 is 1.56 bits per heavy atom. The summed E-state index contributed by atoms with van der Waals surface area (Å²) in [5, 5.41) is 12.7. The van der Waals surface area contributed by atoms with Gasteiger partial charge in [0.1, 0.15) is 29.3 Å². The molecule has 16 nitrogen and oxygen atoms in total. The second kappa shape index (κ2) is 25.1. The molecule has 1 saturated carbocycles. The quantitative estimate of drug-likeness (QED) is 0.0687. The van der Waals surface area contributed by atoms with E-state index in [1.54, 1.807) is 49.2 Å². The summed E-state index contributed by atoms with van der Waals surface area (Å²) in [5.41, 5.74) is 5.53. The first-order chi connectivity index (χ1) is 37.5. The fraction of sp³-hybridized carbons (Fsp3) is 0.467. The predicted molar refractivity (Wildman–Crippen MR) is 302 cm³/mol. The Labute approximate surface area is 466 Å². The van der Waals surface area contributed by atoms with E-state index in [0.717, 1.165) is 82.7 Å². The molecule has 2 unspecified atom stereocenters. The van der Waals surface area contributed by atoms with E-state index < -0.39 is 23.5 Å². The van der Waals surface area contributed by atoms with Crippen LogP contribution in [-0.4, -0.2) is 115 Å². The molecule has 0 spiro atoms. The third-order valence-corrected chi connectivity index (χ3v) is 17.5. The van der Waals surface area contributed by atoms with E-state index >= 15 is 0 Å². The number of benzene rings is 4. The standard InChI is InChI=1S/C60H73N7O9S2/c1-36-30-50(73-7)47(57(71)66-26-28-74-29-27-66)33-51(36)77-52-34-62-59(78-52)65-55(69)39-18-21-44(22-19-39)75-42-14-11-15-43(25-24-42)76-45-23-20-40-32-49(56(70)63-48-17-10-13-38-12-8-9-16-46(38)48)67(35-41(40)31-45)58(72)53(60(3,4)5)64-54(68)37(2)61-6/h8-9,12,16,18-23,30-31,33-34,37,42-43,48-49,53,61H,10-11,13-15,17,24-29,32,35H2,1-7H3,(H,63,70)(H,64,68)(H,62,65,69)/t37-,42?,43?,48+,49-,53+/m0/s1. The highest BCUT2D eigenvalue weighted by molar-refractivity contribution is 8.01. The first-order valence-electron chi connectivity index (χ1n) is 27.3.